The summed E-state index contributed by atoms with van der Waals surface area (Å²) < 4.78 is 27.7. The average molecular weight is 339 g/mol. The number of rotatable bonds is 4. The molecule has 0 spiro atoms. The molecule has 0 saturated carbocycles. The predicted octanol–water partition coefficient (Wildman–Crippen LogP) is 1.51. The van der Waals surface area contributed by atoms with Crippen LogP contribution in [0.4, 0.5) is 5.13 Å². The molecule has 0 atom stereocenters. The van der Waals surface area contributed by atoms with Gasteiger partial charge in [0.25, 0.3) is 10.0 Å². The molecule has 0 unspecified atom stereocenters. The van der Waals surface area contributed by atoms with Gasteiger partial charge in [0.05, 0.1) is 10.5 Å². The Morgan fingerprint density at radius 3 is 2.68 bits per heavy atom. The monoisotopic (exact) mass is 339 g/mol. The van der Waals surface area contributed by atoms with E-state index in [-0.39, 0.29) is 4.90 Å². The summed E-state index contributed by atoms with van der Waals surface area (Å²) >= 11 is 1.21. The van der Waals surface area contributed by atoms with Gasteiger partial charge in [-0.3, -0.25) is 4.72 Å². The number of nitrogens with zero attached hydrogens (tertiary/aromatic N) is 1. The van der Waals surface area contributed by atoms with Crippen LogP contribution in [0.1, 0.15) is 18.4 Å². The lowest BCUT2D eigenvalue weighted by molar-refractivity contribution is 0.00334. The maximum Gasteiger partial charge on any atom is 0.264 e. The topological polar surface area (TPSA) is 91.3 Å². The molecule has 1 fully saturated rings. The zero-order valence-corrected chi connectivity index (χ0v) is 13.5. The van der Waals surface area contributed by atoms with Gasteiger partial charge in [-0.25, -0.2) is 13.4 Å². The fourth-order valence-electron chi connectivity index (χ4n) is 2.64. The molecule has 1 saturated heterocycles. The highest BCUT2D eigenvalue weighted by Gasteiger charge is 2.36. The number of sulfonamides is 1. The van der Waals surface area contributed by atoms with Gasteiger partial charge in [-0.2, -0.15) is 0 Å². The minimum atomic E-state index is -3.78. The van der Waals surface area contributed by atoms with Gasteiger partial charge in [-0.05, 0) is 32.0 Å². The smallest absolute Gasteiger partial charge is 0.264 e. The van der Waals surface area contributed by atoms with E-state index in [0.29, 0.717) is 36.6 Å². The number of nitrogens with one attached hydrogen (secondary N) is 2. The maximum atomic E-state index is 12.6. The summed E-state index contributed by atoms with van der Waals surface area (Å²) in [6.07, 6.45) is 2.50. The van der Waals surface area contributed by atoms with Crippen LogP contribution in [0, 0.1) is 0 Å². The van der Waals surface area contributed by atoms with Crippen molar-refractivity contribution < 1.29 is 13.5 Å². The van der Waals surface area contributed by atoms with Gasteiger partial charge in [-0.1, -0.05) is 18.2 Å². The number of hydrogen-bond donors (Lipinski definition) is 3. The second kappa shape index (κ2) is 5.96. The standard InChI is InChI=1S/C14H17N3O3S2/c18-14(5-7-15-8-6-14)11-3-1-2-4-12(11)22(19,20)17-13-16-9-10-21-13/h1-4,9-10,15,18H,5-8H2,(H,16,17). The predicted molar refractivity (Wildman–Crippen MR) is 85.4 cm³/mol. The third kappa shape index (κ3) is 3.00. The number of aliphatic hydroxyl groups is 1. The van der Waals surface area contributed by atoms with E-state index >= 15 is 0 Å². The van der Waals surface area contributed by atoms with E-state index in [1.165, 1.54) is 23.6 Å². The van der Waals surface area contributed by atoms with E-state index in [2.05, 4.69) is 15.0 Å². The molecule has 1 aromatic heterocycles. The van der Waals surface area contributed by atoms with Gasteiger partial charge >= 0.3 is 0 Å². The lowest BCUT2D eigenvalue weighted by Gasteiger charge is -2.34. The fraction of sp³-hybridized carbons (Fsp3) is 0.357. The third-order valence-corrected chi connectivity index (χ3v) is 5.98. The van der Waals surface area contributed by atoms with E-state index in [4.69, 9.17) is 0 Å². The molecular weight excluding hydrogens is 322 g/mol. The first kappa shape index (κ1) is 15.4. The maximum absolute atomic E-state index is 12.6. The van der Waals surface area contributed by atoms with Crippen molar-refractivity contribution in [3.8, 4) is 0 Å². The van der Waals surface area contributed by atoms with Crippen molar-refractivity contribution in [3.05, 3.63) is 41.4 Å². The number of hydrogen-bond acceptors (Lipinski definition) is 6. The first-order valence-corrected chi connectivity index (χ1v) is 9.32. The van der Waals surface area contributed by atoms with Crippen molar-refractivity contribution in [2.45, 2.75) is 23.3 Å². The molecule has 6 nitrogen and oxygen atoms in total. The van der Waals surface area contributed by atoms with Crippen LogP contribution < -0.4 is 10.0 Å². The minimum absolute atomic E-state index is 0.106. The molecule has 3 N–H and O–H groups in total. The number of aromatic nitrogens is 1. The second-order valence-corrected chi connectivity index (χ2v) is 7.77. The lowest BCUT2D eigenvalue weighted by atomic mass is 9.85. The Morgan fingerprint density at radius 1 is 1.27 bits per heavy atom. The Kier molecular flexibility index (Phi) is 4.18. The van der Waals surface area contributed by atoms with Gasteiger partial charge < -0.3 is 10.4 Å². The van der Waals surface area contributed by atoms with Crippen molar-refractivity contribution in [2.24, 2.45) is 0 Å². The SMILES string of the molecule is O=S(=O)(Nc1nccs1)c1ccccc1C1(O)CCNCC1. The van der Waals surface area contributed by atoms with E-state index in [9.17, 15) is 13.5 Å². The van der Waals surface area contributed by atoms with Gasteiger partial charge in [0.1, 0.15) is 0 Å². The molecule has 1 aliphatic heterocycles. The average Bonchev–Trinajstić information content (AvgIpc) is 3.00. The first-order chi connectivity index (χ1) is 10.5. The first-order valence-electron chi connectivity index (χ1n) is 6.96. The van der Waals surface area contributed by atoms with E-state index < -0.39 is 15.6 Å². The van der Waals surface area contributed by atoms with Crippen molar-refractivity contribution >= 4 is 26.5 Å². The summed E-state index contributed by atoms with van der Waals surface area (Å²) in [5, 5.41) is 16.0. The molecule has 2 heterocycles. The van der Waals surface area contributed by atoms with Crippen LogP contribution >= 0.6 is 11.3 Å². The van der Waals surface area contributed by atoms with Crippen molar-refractivity contribution in [2.75, 3.05) is 17.8 Å². The minimum Gasteiger partial charge on any atom is -0.385 e. The Labute approximate surface area is 133 Å². The Hall–Kier alpha value is -1.48. The normalized spacial score (nSPS) is 18.0. The molecule has 0 bridgehead atoms. The highest BCUT2D eigenvalue weighted by Crippen LogP contribution is 2.35. The quantitative estimate of drug-likeness (QED) is 0.785. The number of piperidine rings is 1. The van der Waals surface area contributed by atoms with Crippen LogP contribution in [-0.4, -0.2) is 31.6 Å². The van der Waals surface area contributed by atoms with Crippen molar-refractivity contribution in [3.63, 3.8) is 0 Å². The summed E-state index contributed by atoms with van der Waals surface area (Å²) in [6, 6.07) is 6.61. The highest BCUT2D eigenvalue weighted by atomic mass is 32.2. The number of anilines is 1. The van der Waals surface area contributed by atoms with Crippen molar-refractivity contribution in [1.29, 1.82) is 0 Å². The molecule has 0 radical (unpaired) electrons. The van der Waals surface area contributed by atoms with Crippen LogP contribution in [0.5, 0.6) is 0 Å². The highest BCUT2D eigenvalue weighted by molar-refractivity contribution is 7.93. The largest absolute Gasteiger partial charge is 0.385 e. The molecule has 3 rings (SSSR count). The molecule has 1 aromatic carbocycles. The van der Waals surface area contributed by atoms with E-state index in [1.54, 1.807) is 23.6 Å². The number of benzene rings is 1. The summed E-state index contributed by atoms with van der Waals surface area (Å²) in [6.45, 7) is 1.32. The zero-order valence-electron chi connectivity index (χ0n) is 11.8. The molecule has 118 valence electrons. The van der Waals surface area contributed by atoms with Gasteiger partial charge in [-0.15, -0.1) is 11.3 Å². The molecule has 0 amide bonds. The van der Waals surface area contributed by atoms with Crippen LogP contribution in [0.25, 0.3) is 0 Å². The van der Waals surface area contributed by atoms with E-state index in [1.807, 2.05) is 0 Å². The van der Waals surface area contributed by atoms with Gasteiger partial charge in [0.2, 0.25) is 0 Å². The molecule has 8 heteroatoms. The van der Waals surface area contributed by atoms with Crippen LogP contribution in [0.3, 0.4) is 0 Å². The molecule has 0 aliphatic carbocycles. The second-order valence-electron chi connectivity index (χ2n) is 5.22. The Balaban J connectivity index is 2.00. The molecule has 22 heavy (non-hydrogen) atoms. The summed E-state index contributed by atoms with van der Waals surface area (Å²) in [4.78, 5) is 4.05. The molecule has 2 aromatic rings. The van der Waals surface area contributed by atoms with Crippen molar-refractivity contribution in [1.82, 2.24) is 10.3 Å². The number of thiazole rings is 1. The third-order valence-electron chi connectivity index (χ3n) is 3.76. The molecule has 1 aliphatic rings. The van der Waals surface area contributed by atoms with Gasteiger partial charge in [0, 0.05) is 17.1 Å². The molecular formula is C14H17N3O3S2. The zero-order chi connectivity index (χ0) is 15.6. The van der Waals surface area contributed by atoms with Crippen LogP contribution in [0.2, 0.25) is 0 Å². The summed E-state index contributed by atoms with van der Waals surface area (Å²) in [5.41, 5.74) is -0.681. The summed E-state index contributed by atoms with van der Waals surface area (Å²) in [7, 11) is -3.78. The Bertz CT molecular complexity index is 738. The van der Waals surface area contributed by atoms with Gasteiger partial charge in [0.15, 0.2) is 5.13 Å². The Morgan fingerprint density at radius 2 is 2.00 bits per heavy atom. The summed E-state index contributed by atoms with van der Waals surface area (Å²) in [5.74, 6) is 0. The fourth-order valence-corrected chi connectivity index (χ4v) is 4.73. The van der Waals surface area contributed by atoms with Crippen LogP contribution in [0.15, 0.2) is 40.7 Å². The van der Waals surface area contributed by atoms with E-state index in [0.717, 1.165) is 0 Å². The lowest BCUT2D eigenvalue weighted by Crippen LogP contribution is -2.40. The van der Waals surface area contributed by atoms with Crippen LogP contribution in [-0.2, 0) is 15.6 Å².